The molecule has 1 amide bonds. The minimum Gasteiger partial charge on any atom is -0.398 e. The van der Waals surface area contributed by atoms with Crippen LogP contribution in [0.3, 0.4) is 0 Å². The molecule has 1 aliphatic heterocycles. The molecule has 2 aromatic carbocycles. The largest absolute Gasteiger partial charge is 0.398 e. The van der Waals surface area contributed by atoms with Crippen molar-refractivity contribution in [2.75, 3.05) is 24.3 Å². The number of nitrogen functional groups attached to an aromatic ring is 1. The zero-order chi connectivity index (χ0) is 14.7. The van der Waals surface area contributed by atoms with E-state index in [1.165, 1.54) is 0 Å². The van der Waals surface area contributed by atoms with E-state index < -0.39 is 0 Å². The van der Waals surface area contributed by atoms with Crippen LogP contribution in [0.15, 0.2) is 48.5 Å². The quantitative estimate of drug-likeness (QED) is 0.850. The summed E-state index contributed by atoms with van der Waals surface area (Å²) in [7, 11) is 0. The van der Waals surface area contributed by atoms with Crippen molar-refractivity contribution in [1.29, 1.82) is 0 Å². The van der Waals surface area contributed by atoms with Crippen LogP contribution in [0.4, 0.5) is 11.4 Å². The Morgan fingerprint density at radius 3 is 2.38 bits per heavy atom. The third-order valence-electron chi connectivity index (χ3n) is 3.27. The predicted octanol–water partition coefficient (Wildman–Crippen LogP) is 2.57. The normalized spacial score (nSPS) is 15.0. The summed E-state index contributed by atoms with van der Waals surface area (Å²) in [5.41, 5.74) is 8.34. The van der Waals surface area contributed by atoms with Crippen molar-refractivity contribution in [3.8, 4) is 0 Å². The van der Waals surface area contributed by atoms with Gasteiger partial charge in [0, 0.05) is 16.9 Å². The fourth-order valence-corrected chi connectivity index (χ4v) is 2.18. The molecule has 5 nitrogen and oxygen atoms in total. The van der Waals surface area contributed by atoms with Crippen molar-refractivity contribution in [3.63, 3.8) is 0 Å². The van der Waals surface area contributed by atoms with Crippen LogP contribution >= 0.6 is 0 Å². The predicted molar refractivity (Wildman–Crippen MR) is 79.9 cm³/mol. The Bertz CT molecular complexity index is 634. The SMILES string of the molecule is Nc1ccccc1C(=O)Nc1ccc(C2OCCO2)cc1. The summed E-state index contributed by atoms with van der Waals surface area (Å²) in [6.07, 6.45) is -0.306. The highest BCUT2D eigenvalue weighted by atomic mass is 16.7. The number of rotatable bonds is 3. The first kappa shape index (κ1) is 13.6. The minimum atomic E-state index is -0.306. The number of carbonyl (C=O) groups excluding carboxylic acids is 1. The van der Waals surface area contributed by atoms with E-state index >= 15 is 0 Å². The van der Waals surface area contributed by atoms with Gasteiger partial charge in [0.15, 0.2) is 6.29 Å². The lowest BCUT2D eigenvalue weighted by Crippen LogP contribution is -2.13. The van der Waals surface area contributed by atoms with Crippen LogP contribution in [0.2, 0.25) is 0 Å². The van der Waals surface area contributed by atoms with Gasteiger partial charge in [0.25, 0.3) is 5.91 Å². The van der Waals surface area contributed by atoms with Crippen molar-refractivity contribution in [3.05, 3.63) is 59.7 Å². The summed E-state index contributed by atoms with van der Waals surface area (Å²) >= 11 is 0. The highest BCUT2D eigenvalue weighted by Crippen LogP contribution is 2.24. The number of amides is 1. The van der Waals surface area contributed by atoms with Gasteiger partial charge in [-0.25, -0.2) is 0 Å². The second kappa shape index (κ2) is 5.95. The van der Waals surface area contributed by atoms with Crippen LogP contribution < -0.4 is 11.1 Å². The van der Waals surface area contributed by atoms with Crippen LogP contribution in [0, 0.1) is 0 Å². The summed E-state index contributed by atoms with van der Waals surface area (Å²) < 4.78 is 10.8. The monoisotopic (exact) mass is 284 g/mol. The number of nitrogens with two attached hydrogens (primary N) is 1. The lowest BCUT2D eigenvalue weighted by atomic mass is 10.1. The standard InChI is InChI=1S/C16H16N2O3/c17-14-4-2-1-3-13(14)15(19)18-12-7-5-11(6-8-12)16-20-9-10-21-16/h1-8,16H,9-10,17H2,(H,18,19). The second-order valence-corrected chi connectivity index (χ2v) is 4.74. The Hall–Kier alpha value is -2.37. The van der Waals surface area contributed by atoms with E-state index in [1.54, 1.807) is 24.3 Å². The molecule has 1 aliphatic rings. The van der Waals surface area contributed by atoms with Crippen molar-refractivity contribution in [1.82, 2.24) is 0 Å². The zero-order valence-electron chi connectivity index (χ0n) is 11.4. The lowest BCUT2D eigenvalue weighted by Gasteiger charge is -2.11. The maximum absolute atomic E-state index is 12.1. The molecule has 108 valence electrons. The van der Waals surface area contributed by atoms with Gasteiger partial charge < -0.3 is 20.5 Å². The van der Waals surface area contributed by atoms with E-state index in [-0.39, 0.29) is 12.2 Å². The van der Waals surface area contributed by atoms with Gasteiger partial charge in [-0.1, -0.05) is 24.3 Å². The van der Waals surface area contributed by atoms with Crippen LogP contribution in [0.1, 0.15) is 22.2 Å². The highest BCUT2D eigenvalue weighted by molar-refractivity contribution is 6.07. The number of benzene rings is 2. The van der Waals surface area contributed by atoms with Crippen LogP contribution in [-0.4, -0.2) is 19.1 Å². The Morgan fingerprint density at radius 2 is 1.71 bits per heavy atom. The summed E-state index contributed by atoms with van der Waals surface area (Å²) in [4.78, 5) is 12.1. The molecular formula is C16H16N2O3. The van der Waals surface area contributed by atoms with Crippen molar-refractivity contribution >= 4 is 17.3 Å². The molecule has 0 bridgehead atoms. The number of ether oxygens (including phenoxy) is 2. The molecule has 3 N–H and O–H groups in total. The molecule has 0 atom stereocenters. The number of hydrogen-bond acceptors (Lipinski definition) is 4. The molecule has 0 radical (unpaired) electrons. The molecule has 1 heterocycles. The lowest BCUT2D eigenvalue weighted by molar-refractivity contribution is -0.0441. The number of nitrogens with one attached hydrogen (secondary N) is 1. The van der Waals surface area contributed by atoms with Crippen molar-refractivity contribution in [2.24, 2.45) is 0 Å². The summed E-state index contributed by atoms with van der Waals surface area (Å²) in [6, 6.07) is 14.4. The fraction of sp³-hybridized carbons (Fsp3) is 0.188. The molecule has 0 aromatic heterocycles. The zero-order valence-corrected chi connectivity index (χ0v) is 11.4. The summed E-state index contributed by atoms with van der Waals surface area (Å²) in [5, 5.41) is 2.82. The fourth-order valence-electron chi connectivity index (χ4n) is 2.18. The molecule has 3 rings (SSSR count). The second-order valence-electron chi connectivity index (χ2n) is 4.74. The van der Waals surface area contributed by atoms with E-state index in [4.69, 9.17) is 15.2 Å². The van der Waals surface area contributed by atoms with Crippen LogP contribution in [0.25, 0.3) is 0 Å². The van der Waals surface area contributed by atoms with E-state index in [0.717, 1.165) is 5.56 Å². The van der Waals surface area contributed by atoms with E-state index in [9.17, 15) is 4.79 Å². The molecule has 0 saturated carbocycles. The third kappa shape index (κ3) is 3.04. The Balaban J connectivity index is 1.70. The number of carbonyl (C=O) groups is 1. The van der Waals surface area contributed by atoms with Crippen LogP contribution in [-0.2, 0) is 9.47 Å². The van der Waals surface area contributed by atoms with Gasteiger partial charge in [-0.15, -0.1) is 0 Å². The summed E-state index contributed by atoms with van der Waals surface area (Å²) in [6.45, 7) is 1.22. The van der Waals surface area contributed by atoms with Gasteiger partial charge in [-0.2, -0.15) is 0 Å². The molecule has 0 unspecified atom stereocenters. The van der Waals surface area contributed by atoms with Gasteiger partial charge in [-0.3, -0.25) is 4.79 Å². The van der Waals surface area contributed by atoms with E-state index in [0.29, 0.717) is 30.2 Å². The van der Waals surface area contributed by atoms with Gasteiger partial charge in [0.05, 0.1) is 18.8 Å². The van der Waals surface area contributed by atoms with Crippen molar-refractivity contribution in [2.45, 2.75) is 6.29 Å². The molecule has 2 aromatic rings. The minimum absolute atomic E-state index is 0.228. The first-order chi connectivity index (χ1) is 10.2. The molecule has 0 spiro atoms. The molecule has 21 heavy (non-hydrogen) atoms. The molecule has 0 aliphatic carbocycles. The van der Waals surface area contributed by atoms with Gasteiger partial charge >= 0.3 is 0 Å². The topological polar surface area (TPSA) is 73.6 Å². The maximum Gasteiger partial charge on any atom is 0.257 e. The van der Waals surface area contributed by atoms with Crippen LogP contribution in [0.5, 0.6) is 0 Å². The number of hydrogen-bond donors (Lipinski definition) is 2. The molecule has 1 fully saturated rings. The Morgan fingerprint density at radius 1 is 1.05 bits per heavy atom. The number of anilines is 2. The molecule has 5 heteroatoms. The highest BCUT2D eigenvalue weighted by Gasteiger charge is 2.18. The smallest absolute Gasteiger partial charge is 0.257 e. The Kier molecular flexibility index (Phi) is 3.85. The van der Waals surface area contributed by atoms with Gasteiger partial charge in [0.1, 0.15) is 0 Å². The molecule has 1 saturated heterocycles. The maximum atomic E-state index is 12.1. The summed E-state index contributed by atoms with van der Waals surface area (Å²) in [5.74, 6) is -0.228. The first-order valence-corrected chi connectivity index (χ1v) is 6.73. The third-order valence-corrected chi connectivity index (χ3v) is 3.27. The van der Waals surface area contributed by atoms with Gasteiger partial charge in [0.2, 0.25) is 0 Å². The average Bonchev–Trinajstić information content (AvgIpc) is 3.02. The number of para-hydroxylation sites is 1. The Labute approximate surface area is 122 Å². The van der Waals surface area contributed by atoms with Crippen molar-refractivity contribution < 1.29 is 14.3 Å². The van der Waals surface area contributed by atoms with E-state index in [2.05, 4.69) is 5.32 Å². The van der Waals surface area contributed by atoms with E-state index in [1.807, 2.05) is 24.3 Å². The van der Waals surface area contributed by atoms with Gasteiger partial charge in [-0.05, 0) is 24.3 Å². The average molecular weight is 284 g/mol. The first-order valence-electron chi connectivity index (χ1n) is 6.73. The molecular weight excluding hydrogens is 268 g/mol.